The van der Waals surface area contributed by atoms with Crippen molar-refractivity contribution >= 4 is 0 Å². The molecule has 0 spiro atoms. The zero-order chi connectivity index (χ0) is 15.1. The van der Waals surface area contributed by atoms with Crippen LogP contribution in [0.25, 0.3) is 0 Å². The van der Waals surface area contributed by atoms with Crippen LogP contribution in [0.1, 0.15) is 51.9 Å². The standard InChI is InChI=1S/C17H34N2O2/c1-3-14-6-4-5-7-17(14)21-13-16(20)12-18-15-8-10-19(2)11-9-15/h14-18,20H,3-13H2,1-2H3. The van der Waals surface area contributed by atoms with Gasteiger partial charge in [-0.2, -0.15) is 0 Å². The summed E-state index contributed by atoms with van der Waals surface area (Å²) in [6.45, 7) is 5.72. The summed E-state index contributed by atoms with van der Waals surface area (Å²) >= 11 is 0. The third-order valence-corrected chi connectivity index (χ3v) is 5.23. The van der Waals surface area contributed by atoms with Crippen LogP contribution in [0.5, 0.6) is 0 Å². The second-order valence-electron chi connectivity index (χ2n) is 6.96. The van der Waals surface area contributed by atoms with Gasteiger partial charge in [-0.1, -0.05) is 26.2 Å². The molecule has 1 saturated carbocycles. The van der Waals surface area contributed by atoms with Gasteiger partial charge in [-0.15, -0.1) is 0 Å². The maximum Gasteiger partial charge on any atom is 0.0897 e. The largest absolute Gasteiger partial charge is 0.389 e. The van der Waals surface area contributed by atoms with Gasteiger partial charge in [0.1, 0.15) is 0 Å². The summed E-state index contributed by atoms with van der Waals surface area (Å²) in [5.41, 5.74) is 0. The Kier molecular flexibility index (Phi) is 7.44. The Labute approximate surface area is 130 Å². The molecular formula is C17H34N2O2. The lowest BCUT2D eigenvalue weighted by Gasteiger charge is -2.32. The van der Waals surface area contributed by atoms with E-state index in [0.29, 0.717) is 31.2 Å². The van der Waals surface area contributed by atoms with Gasteiger partial charge in [-0.3, -0.25) is 0 Å². The predicted molar refractivity (Wildman–Crippen MR) is 86.5 cm³/mol. The summed E-state index contributed by atoms with van der Waals surface area (Å²) in [5.74, 6) is 0.702. The fraction of sp³-hybridized carbons (Fsp3) is 1.00. The molecule has 2 aliphatic rings. The van der Waals surface area contributed by atoms with Crippen molar-refractivity contribution in [2.24, 2.45) is 5.92 Å². The van der Waals surface area contributed by atoms with E-state index in [4.69, 9.17) is 4.74 Å². The molecule has 1 aliphatic heterocycles. The minimum atomic E-state index is -0.371. The van der Waals surface area contributed by atoms with E-state index in [0.717, 1.165) is 13.1 Å². The first-order chi connectivity index (χ1) is 10.2. The summed E-state index contributed by atoms with van der Waals surface area (Å²) in [5, 5.41) is 13.6. The number of hydrogen-bond acceptors (Lipinski definition) is 4. The van der Waals surface area contributed by atoms with Gasteiger partial charge in [-0.25, -0.2) is 0 Å². The highest BCUT2D eigenvalue weighted by molar-refractivity contribution is 4.78. The van der Waals surface area contributed by atoms with E-state index in [2.05, 4.69) is 24.2 Å². The van der Waals surface area contributed by atoms with Crippen molar-refractivity contribution in [3.8, 4) is 0 Å². The van der Waals surface area contributed by atoms with Gasteiger partial charge in [0.2, 0.25) is 0 Å². The monoisotopic (exact) mass is 298 g/mol. The van der Waals surface area contributed by atoms with Crippen LogP contribution in [0.2, 0.25) is 0 Å². The highest BCUT2D eigenvalue weighted by atomic mass is 16.5. The van der Waals surface area contributed by atoms with E-state index in [-0.39, 0.29) is 6.10 Å². The Hall–Kier alpha value is -0.160. The molecule has 2 fully saturated rings. The highest BCUT2D eigenvalue weighted by Crippen LogP contribution is 2.29. The quantitative estimate of drug-likeness (QED) is 0.755. The Bertz CT molecular complexity index is 280. The molecule has 3 unspecified atom stereocenters. The minimum Gasteiger partial charge on any atom is -0.389 e. The molecule has 1 heterocycles. The van der Waals surface area contributed by atoms with Crippen molar-refractivity contribution in [2.75, 3.05) is 33.3 Å². The van der Waals surface area contributed by atoms with Crippen LogP contribution in [0.15, 0.2) is 0 Å². The Morgan fingerprint density at radius 2 is 1.90 bits per heavy atom. The fourth-order valence-electron chi connectivity index (χ4n) is 3.67. The second-order valence-corrected chi connectivity index (χ2v) is 6.96. The average molecular weight is 298 g/mol. The second kappa shape index (κ2) is 9.09. The number of likely N-dealkylation sites (tertiary alicyclic amines) is 1. The lowest BCUT2D eigenvalue weighted by molar-refractivity contribution is -0.0505. The fourth-order valence-corrected chi connectivity index (χ4v) is 3.67. The van der Waals surface area contributed by atoms with E-state index in [1.807, 2.05) is 0 Å². The summed E-state index contributed by atoms with van der Waals surface area (Å²) in [6.07, 6.45) is 8.68. The van der Waals surface area contributed by atoms with Gasteiger partial charge in [0.05, 0.1) is 18.8 Å². The first-order valence-corrected chi connectivity index (χ1v) is 8.90. The Morgan fingerprint density at radius 1 is 1.19 bits per heavy atom. The maximum absolute atomic E-state index is 10.1. The third kappa shape index (κ3) is 5.85. The molecule has 0 radical (unpaired) electrons. The van der Waals surface area contributed by atoms with Gasteiger partial charge in [0.25, 0.3) is 0 Å². The SMILES string of the molecule is CCC1CCCCC1OCC(O)CNC1CCN(C)CC1. The molecule has 1 aliphatic carbocycles. The van der Waals surface area contributed by atoms with Crippen LogP contribution in [-0.2, 0) is 4.74 Å². The van der Waals surface area contributed by atoms with E-state index in [1.54, 1.807) is 0 Å². The molecule has 0 aromatic carbocycles. The number of nitrogens with zero attached hydrogens (tertiary/aromatic N) is 1. The molecule has 0 aromatic rings. The molecule has 4 heteroatoms. The highest BCUT2D eigenvalue weighted by Gasteiger charge is 2.25. The van der Waals surface area contributed by atoms with Crippen molar-refractivity contribution in [2.45, 2.75) is 70.1 Å². The lowest BCUT2D eigenvalue weighted by Crippen LogP contribution is -2.44. The van der Waals surface area contributed by atoms with Gasteiger partial charge >= 0.3 is 0 Å². The number of piperidine rings is 1. The van der Waals surface area contributed by atoms with Crippen LogP contribution in [0.4, 0.5) is 0 Å². The smallest absolute Gasteiger partial charge is 0.0897 e. The topological polar surface area (TPSA) is 44.7 Å². The van der Waals surface area contributed by atoms with Crippen molar-refractivity contribution in [1.29, 1.82) is 0 Å². The van der Waals surface area contributed by atoms with Crippen molar-refractivity contribution in [1.82, 2.24) is 10.2 Å². The number of ether oxygens (including phenoxy) is 1. The Balaban J connectivity index is 1.59. The first-order valence-electron chi connectivity index (χ1n) is 8.90. The van der Waals surface area contributed by atoms with Gasteiger partial charge in [0, 0.05) is 12.6 Å². The summed E-state index contributed by atoms with van der Waals surface area (Å²) in [7, 11) is 2.17. The number of aliphatic hydroxyl groups is 1. The molecule has 1 saturated heterocycles. The molecule has 2 rings (SSSR count). The molecule has 2 N–H and O–H groups in total. The summed E-state index contributed by atoms with van der Waals surface area (Å²) in [6, 6.07) is 0.564. The minimum absolute atomic E-state index is 0.371. The van der Waals surface area contributed by atoms with Gasteiger partial charge in [0.15, 0.2) is 0 Å². The molecule has 21 heavy (non-hydrogen) atoms. The number of rotatable bonds is 7. The zero-order valence-electron chi connectivity index (χ0n) is 13.9. The van der Waals surface area contributed by atoms with E-state index in [1.165, 1.54) is 44.9 Å². The average Bonchev–Trinajstić information content (AvgIpc) is 2.52. The molecule has 0 amide bonds. The third-order valence-electron chi connectivity index (χ3n) is 5.23. The molecule has 4 nitrogen and oxygen atoms in total. The van der Waals surface area contributed by atoms with Crippen LogP contribution in [-0.4, -0.2) is 61.5 Å². The van der Waals surface area contributed by atoms with E-state index < -0.39 is 0 Å². The molecular weight excluding hydrogens is 264 g/mol. The van der Waals surface area contributed by atoms with Crippen LogP contribution in [0.3, 0.4) is 0 Å². The van der Waals surface area contributed by atoms with Crippen LogP contribution >= 0.6 is 0 Å². The van der Waals surface area contributed by atoms with Gasteiger partial charge in [-0.05, 0) is 51.7 Å². The van der Waals surface area contributed by atoms with Crippen molar-refractivity contribution in [3.05, 3.63) is 0 Å². The van der Waals surface area contributed by atoms with E-state index in [9.17, 15) is 5.11 Å². The number of hydrogen-bond donors (Lipinski definition) is 2. The lowest BCUT2D eigenvalue weighted by atomic mass is 9.85. The predicted octanol–water partition coefficient (Wildman–Crippen LogP) is 2.02. The van der Waals surface area contributed by atoms with Crippen LogP contribution < -0.4 is 5.32 Å². The van der Waals surface area contributed by atoms with Crippen molar-refractivity contribution < 1.29 is 9.84 Å². The number of aliphatic hydroxyl groups excluding tert-OH is 1. The molecule has 0 bridgehead atoms. The Morgan fingerprint density at radius 3 is 2.62 bits per heavy atom. The molecule has 0 aromatic heterocycles. The van der Waals surface area contributed by atoms with Crippen LogP contribution in [0, 0.1) is 5.92 Å². The normalized spacial score (nSPS) is 30.4. The van der Waals surface area contributed by atoms with E-state index >= 15 is 0 Å². The van der Waals surface area contributed by atoms with Gasteiger partial charge < -0.3 is 20.1 Å². The summed E-state index contributed by atoms with van der Waals surface area (Å²) in [4.78, 5) is 2.37. The molecule has 3 atom stereocenters. The molecule has 124 valence electrons. The zero-order valence-corrected chi connectivity index (χ0v) is 13.9. The summed E-state index contributed by atoms with van der Waals surface area (Å²) < 4.78 is 6.01. The van der Waals surface area contributed by atoms with Crippen molar-refractivity contribution in [3.63, 3.8) is 0 Å². The first kappa shape index (κ1) is 17.2. The maximum atomic E-state index is 10.1. The number of nitrogens with one attached hydrogen (secondary N) is 1.